The van der Waals surface area contributed by atoms with Crippen molar-refractivity contribution in [1.29, 1.82) is 0 Å². The number of nitrogens with two attached hydrogens (primary N) is 1. The van der Waals surface area contributed by atoms with Crippen LogP contribution in [0.5, 0.6) is 0 Å². The molecule has 0 bridgehead atoms. The molecule has 0 heterocycles. The lowest BCUT2D eigenvalue weighted by molar-refractivity contribution is 0.0274. The lowest BCUT2D eigenvalue weighted by Crippen LogP contribution is -2.36. The maximum atomic E-state index is 11.3. The van der Waals surface area contributed by atoms with Gasteiger partial charge in [0.25, 0.3) is 5.91 Å². The summed E-state index contributed by atoms with van der Waals surface area (Å²) in [5.74, 6) is 5.42. The quantitative estimate of drug-likeness (QED) is 0.410. The van der Waals surface area contributed by atoms with Crippen molar-refractivity contribution in [3.05, 3.63) is 35.4 Å². The lowest BCUT2D eigenvalue weighted by atomic mass is 9.82. The predicted octanol–water partition coefficient (Wildman–Crippen LogP) is 0.493. The Kier molecular flexibility index (Phi) is 4.52. The second-order valence-corrected chi connectivity index (χ2v) is 5.36. The summed E-state index contributed by atoms with van der Waals surface area (Å²) in [5, 5.41) is 9.26. The van der Waals surface area contributed by atoms with Crippen LogP contribution in [0.15, 0.2) is 24.3 Å². The van der Waals surface area contributed by atoms with E-state index in [1.807, 2.05) is 12.1 Å². The van der Waals surface area contributed by atoms with Gasteiger partial charge in [0.05, 0.1) is 6.10 Å². The van der Waals surface area contributed by atoms with Gasteiger partial charge in [0.2, 0.25) is 0 Å². The van der Waals surface area contributed by atoms with E-state index in [1.54, 1.807) is 12.1 Å². The summed E-state index contributed by atoms with van der Waals surface area (Å²) >= 11 is 0. The standard InChI is InChI=1S/C14H21N3O2/c1-17(9-11-6-13(18)7-11)8-10-2-4-12(5-3-10)14(19)16-15/h2-5,11,13,18H,6-9,15H2,1H3,(H,16,19). The first-order valence-electron chi connectivity index (χ1n) is 6.55. The molecule has 1 amide bonds. The highest BCUT2D eigenvalue weighted by Crippen LogP contribution is 2.27. The molecule has 0 radical (unpaired) electrons. The molecule has 0 atom stereocenters. The molecule has 2 rings (SSSR count). The van der Waals surface area contributed by atoms with E-state index >= 15 is 0 Å². The molecule has 0 unspecified atom stereocenters. The Bertz CT molecular complexity index is 427. The van der Waals surface area contributed by atoms with Crippen LogP contribution in [-0.2, 0) is 6.54 Å². The van der Waals surface area contributed by atoms with Gasteiger partial charge < -0.3 is 10.0 Å². The topological polar surface area (TPSA) is 78.6 Å². The Balaban J connectivity index is 1.83. The summed E-state index contributed by atoms with van der Waals surface area (Å²) in [6.07, 6.45) is 1.74. The summed E-state index contributed by atoms with van der Waals surface area (Å²) in [6.45, 7) is 1.85. The number of hydrazine groups is 1. The molecule has 1 aromatic carbocycles. The molecule has 0 aliphatic heterocycles. The molecule has 5 nitrogen and oxygen atoms in total. The van der Waals surface area contributed by atoms with Crippen LogP contribution in [0.4, 0.5) is 0 Å². The van der Waals surface area contributed by atoms with Gasteiger partial charge in [-0.05, 0) is 43.5 Å². The van der Waals surface area contributed by atoms with Gasteiger partial charge in [-0.1, -0.05) is 12.1 Å². The summed E-state index contributed by atoms with van der Waals surface area (Å²) in [4.78, 5) is 13.5. The summed E-state index contributed by atoms with van der Waals surface area (Å²) in [7, 11) is 2.07. The number of carbonyl (C=O) groups excluding carboxylic acids is 1. The minimum atomic E-state index is -0.275. The summed E-state index contributed by atoms with van der Waals surface area (Å²) in [5.41, 5.74) is 3.84. The van der Waals surface area contributed by atoms with Crippen LogP contribution >= 0.6 is 0 Å². The first-order valence-corrected chi connectivity index (χ1v) is 6.55. The molecule has 1 fully saturated rings. The van der Waals surface area contributed by atoms with Gasteiger partial charge in [-0.25, -0.2) is 5.84 Å². The second-order valence-electron chi connectivity index (χ2n) is 5.36. The monoisotopic (exact) mass is 263 g/mol. The zero-order valence-electron chi connectivity index (χ0n) is 11.2. The molecular formula is C14H21N3O2. The van der Waals surface area contributed by atoms with E-state index in [4.69, 9.17) is 5.84 Å². The highest BCUT2D eigenvalue weighted by Gasteiger charge is 2.27. The number of hydrogen-bond acceptors (Lipinski definition) is 4. The molecule has 19 heavy (non-hydrogen) atoms. The fourth-order valence-corrected chi connectivity index (χ4v) is 2.51. The number of rotatable bonds is 5. The molecule has 104 valence electrons. The predicted molar refractivity (Wildman–Crippen MR) is 73.2 cm³/mol. The number of aliphatic hydroxyl groups is 1. The van der Waals surface area contributed by atoms with E-state index in [9.17, 15) is 9.90 Å². The number of hydrogen-bond donors (Lipinski definition) is 3. The lowest BCUT2D eigenvalue weighted by Gasteiger charge is -2.34. The molecule has 0 saturated heterocycles. The smallest absolute Gasteiger partial charge is 0.265 e. The molecule has 1 aliphatic carbocycles. The molecular weight excluding hydrogens is 242 g/mol. The van der Waals surface area contributed by atoms with Crippen LogP contribution in [-0.4, -0.2) is 35.6 Å². The fraction of sp³-hybridized carbons (Fsp3) is 0.500. The van der Waals surface area contributed by atoms with Crippen molar-refractivity contribution >= 4 is 5.91 Å². The Hall–Kier alpha value is -1.43. The maximum absolute atomic E-state index is 11.3. The number of nitrogens with zero attached hydrogens (tertiary/aromatic N) is 1. The van der Waals surface area contributed by atoms with E-state index < -0.39 is 0 Å². The van der Waals surface area contributed by atoms with Gasteiger partial charge in [-0.3, -0.25) is 10.2 Å². The third-order valence-electron chi connectivity index (χ3n) is 3.58. The van der Waals surface area contributed by atoms with Crippen LogP contribution < -0.4 is 11.3 Å². The van der Waals surface area contributed by atoms with E-state index in [-0.39, 0.29) is 12.0 Å². The maximum Gasteiger partial charge on any atom is 0.265 e. The molecule has 0 spiro atoms. The van der Waals surface area contributed by atoms with Crippen LogP contribution in [0, 0.1) is 5.92 Å². The first kappa shape index (κ1) is 14.0. The van der Waals surface area contributed by atoms with Gasteiger partial charge >= 0.3 is 0 Å². The van der Waals surface area contributed by atoms with Gasteiger partial charge in [0, 0.05) is 18.7 Å². The van der Waals surface area contributed by atoms with Crippen molar-refractivity contribution in [3.8, 4) is 0 Å². The minimum absolute atomic E-state index is 0.0903. The Morgan fingerprint density at radius 1 is 1.42 bits per heavy atom. The second kappa shape index (κ2) is 6.14. The number of benzene rings is 1. The minimum Gasteiger partial charge on any atom is -0.393 e. The number of aliphatic hydroxyl groups excluding tert-OH is 1. The molecule has 0 aromatic heterocycles. The number of amides is 1. The molecule has 1 aromatic rings. The van der Waals surface area contributed by atoms with E-state index in [0.717, 1.165) is 31.5 Å². The average Bonchev–Trinajstić information content (AvgIpc) is 2.37. The highest BCUT2D eigenvalue weighted by atomic mass is 16.3. The van der Waals surface area contributed by atoms with Crippen molar-refractivity contribution in [2.45, 2.75) is 25.5 Å². The highest BCUT2D eigenvalue weighted by molar-refractivity contribution is 5.93. The van der Waals surface area contributed by atoms with Gasteiger partial charge in [-0.15, -0.1) is 0 Å². The van der Waals surface area contributed by atoms with Crippen LogP contribution in [0.3, 0.4) is 0 Å². The first-order chi connectivity index (χ1) is 9.08. The van der Waals surface area contributed by atoms with Gasteiger partial charge in [0.1, 0.15) is 0 Å². The van der Waals surface area contributed by atoms with Gasteiger partial charge in [-0.2, -0.15) is 0 Å². The van der Waals surface area contributed by atoms with Crippen LogP contribution in [0.25, 0.3) is 0 Å². The average molecular weight is 263 g/mol. The number of nitrogen functional groups attached to an aromatic ring is 1. The third kappa shape index (κ3) is 3.76. The van der Waals surface area contributed by atoms with Crippen LogP contribution in [0.2, 0.25) is 0 Å². The van der Waals surface area contributed by atoms with Crippen molar-refractivity contribution in [2.75, 3.05) is 13.6 Å². The zero-order valence-corrected chi connectivity index (χ0v) is 11.2. The Morgan fingerprint density at radius 2 is 2.05 bits per heavy atom. The van der Waals surface area contributed by atoms with E-state index in [2.05, 4.69) is 17.4 Å². The summed E-state index contributed by atoms with van der Waals surface area (Å²) in [6, 6.07) is 7.43. The van der Waals surface area contributed by atoms with E-state index in [1.165, 1.54) is 0 Å². The number of nitrogens with one attached hydrogen (secondary N) is 1. The summed E-state index contributed by atoms with van der Waals surface area (Å²) < 4.78 is 0. The molecule has 5 heteroatoms. The number of carbonyl (C=O) groups is 1. The van der Waals surface area contributed by atoms with Gasteiger partial charge in [0.15, 0.2) is 0 Å². The largest absolute Gasteiger partial charge is 0.393 e. The SMILES string of the molecule is CN(Cc1ccc(C(=O)NN)cc1)CC1CC(O)C1. The van der Waals surface area contributed by atoms with Crippen molar-refractivity contribution < 1.29 is 9.90 Å². The Labute approximate surface area is 113 Å². The fourth-order valence-electron chi connectivity index (χ4n) is 2.51. The normalized spacial score (nSPS) is 22.1. The molecule has 4 N–H and O–H groups in total. The van der Waals surface area contributed by atoms with Crippen molar-refractivity contribution in [2.24, 2.45) is 11.8 Å². The van der Waals surface area contributed by atoms with Crippen molar-refractivity contribution in [3.63, 3.8) is 0 Å². The van der Waals surface area contributed by atoms with Crippen molar-refractivity contribution in [1.82, 2.24) is 10.3 Å². The zero-order chi connectivity index (χ0) is 13.8. The molecule has 1 saturated carbocycles. The molecule has 1 aliphatic rings. The Morgan fingerprint density at radius 3 is 2.58 bits per heavy atom. The van der Waals surface area contributed by atoms with E-state index in [0.29, 0.717) is 11.5 Å². The van der Waals surface area contributed by atoms with Crippen LogP contribution in [0.1, 0.15) is 28.8 Å². The third-order valence-corrected chi connectivity index (χ3v) is 3.58.